The second-order valence-corrected chi connectivity index (χ2v) is 8.86. The van der Waals surface area contributed by atoms with Crippen molar-refractivity contribution >= 4 is 27.6 Å². The van der Waals surface area contributed by atoms with Crippen LogP contribution in [0.2, 0.25) is 0 Å². The summed E-state index contributed by atoms with van der Waals surface area (Å²) in [5.74, 6) is 0.904. The maximum absolute atomic E-state index is 12.4. The summed E-state index contributed by atoms with van der Waals surface area (Å²) in [6.07, 6.45) is 1.28. The third-order valence-corrected chi connectivity index (χ3v) is 5.69. The van der Waals surface area contributed by atoms with Crippen LogP contribution in [0.15, 0.2) is 4.79 Å². The number of hydrogen-bond donors (Lipinski definition) is 1. The first-order valence-electron chi connectivity index (χ1n) is 8.63. The number of H-pyrrole nitrogens is 1. The van der Waals surface area contributed by atoms with Gasteiger partial charge in [0, 0.05) is 23.9 Å². The van der Waals surface area contributed by atoms with Gasteiger partial charge in [-0.3, -0.25) is 4.79 Å². The number of nitrogens with one attached hydrogen (secondary N) is 1. The van der Waals surface area contributed by atoms with Gasteiger partial charge < -0.3 is 14.6 Å². The predicted octanol–water partition coefficient (Wildman–Crippen LogP) is 3.72. The van der Waals surface area contributed by atoms with E-state index in [0.717, 1.165) is 33.9 Å². The first kappa shape index (κ1) is 17.9. The van der Waals surface area contributed by atoms with Crippen LogP contribution in [0.4, 0.5) is 4.79 Å². The standard InChI is InChI=1S/C18H25N3O3S/c1-10-11(2)25-16-13(10)15(22)19-14(20-16)12-6-8-21(9-7-12)17(23)24-18(3,4)5/h12H,6-9H2,1-5H3,(H,19,20,22). The van der Waals surface area contributed by atoms with Gasteiger partial charge in [0.2, 0.25) is 0 Å². The number of aromatic amines is 1. The number of likely N-dealkylation sites (tertiary alicyclic amines) is 1. The Kier molecular flexibility index (Phi) is 4.62. The fourth-order valence-electron chi connectivity index (χ4n) is 3.13. The molecular weight excluding hydrogens is 338 g/mol. The van der Waals surface area contributed by atoms with E-state index in [1.165, 1.54) is 0 Å². The van der Waals surface area contributed by atoms with E-state index in [9.17, 15) is 9.59 Å². The molecule has 2 aromatic heterocycles. The van der Waals surface area contributed by atoms with Crippen LogP contribution >= 0.6 is 11.3 Å². The topological polar surface area (TPSA) is 75.3 Å². The monoisotopic (exact) mass is 363 g/mol. The Morgan fingerprint density at radius 1 is 1.28 bits per heavy atom. The van der Waals surface area contributed by atoms with E-state index in [4.69, 9.17) is 9.72 Å². The summed E-state index contributed by atoms with van der Waals surface area (Å²) in [5.41, 5.74) is 0.470. The molecule has 2 aromatic rings. The molecular formula is C18H25N3O3S. The third-order valence-electron chi connectivity index (χ3n) is 4.59. The van der Waals surface area contributed by atoms with E-state index in [2.05, 4.69) is 4.98 Å². The third kappa shape index (κ3) is 3.71. The summed E-state index contributed by atoms with van der Waals surface area (Å²) in [6.45, 7) is 10.8. The maximum Gasteiger partial charge on any atom is 0.410 e. The summed E-state index contributed by atoms with van der Waals surface area (Å²) in [5, 5.41) is 0.706. The zero-order valence-electron chi connectivity index (χ0n) is 15.4. The number of aromatic nitrogens is 2. The average molecular weight is 363 g/mol. The Balaban J connectivity index is 1.74. The van der Waals surface area contributed by atoms with E-state index in [-0.39, 0.29) is 17.6 Å². The first-order chi connectivity index (χ1) is 11.7. The van der Waals surface area contributed by atoms with Gasteiger partial charge in [-0.05, 0) is 53.0 Å². The molecule has 25 heavy (non-hydrogen) atoms. The van der Waals surface area contributed by atoms with Gasteiger partial charge >= 0.3 is 6.09 Å². The van der Waals surface area contributed by atoms with Crippen LogP contribution in [0.1, 0.15) is 55.8 Å². The van der Waals surface area contributed by atoms with Gasteiger partial charge in [0.05, 0.1) is 5.39 Å². The molecule has 3 heterocycles. The molecule has 1 fully saturated rings. The molecule has 1 aliphatic heterocycles. The van der Waals surface area contributed by atoms with Crippen LogP contribution in [0, 0.1) is 13.8 Å². The highest BCUT2D eigenvalue weighted by atomic mass is 32.1. The summed E-state index contributed by atoms with van der Waals surface area (Å²) in [4.78, 5) is 35.9. The Morgan fingerprint density at radius 2 is 1.92 bits per heavy atom. The van der Waals surface area contributed by atoms with E-state index in [0.29, 0.717) is 18.5 Å². The molecule has 7 heteroatoms. The number of piperidine rings is 1. The molecule has 3 rings (SSSR count). The van der Waals surface area contributed by atoms with Crippen molar-refractivity contribution in [2.45, 2.75) is 59.0 Å². The van der Waals surface area contributed by atoms with Crippen molar-refractivity contribution in [1.82, 2.24) is 14.9 Å². The highest BCUT2D eigenvalue weighted by Crippen LogP contribution is 2.30. The zero-order valence-corrected chi connectivity index (χ0v) is 16.2. The molecule has 0 bridgehead atoms. The molecule has 0 atom stereocenters. The second kappa shape index (κ2) is 6.44. The molecule has 136 valence electrons. The lowest BCUT2D eigenvalue weighted by Gasteiger charge is -2.33. The smallest absolute Gasteiger partial charge is 0.410 e. The highest BCUT2D eigenvalue weighted by Gasteiger charge is 2.29. The van der Waals surface area contributed by atoms with Crippen LogP contribution < -0.4 is 5.56 Å². The van der Waals surface area contributed by atoms with Gasteiger partial charge in [0.25, 0.3) is 5.56 Å². The number of carbonyl (C=O) groups is 1. The number of hydrogen-bond acceptors (Lipinski definition) is 5. The Labute approximate surface area is 151 Å². The minimum absolute atomic E-state index is 0.0589. The lowest BCUT2D eigenvalue weighted by molar-refractivity contribution is 0.0203. The van der Waals surface area contributed by atoms with Crippen molar-refractivity contribution in [2.75, 3.05) is 13.1 Å². The molecule has 1 amide bonds. The van der Waals surface area contributed by atoms with Gasteiger partial charge in [-0.1, -0.05) is 0 Å². The van der Waals surface area contributed by atoms with Gasteiger partial charge in [0.1, 0.15) is 16.3 Å². The zero-order chi connectivity index (χ0) is 18.4. The number of aryl methyl sites for hydroxylation is 2. The van der Waals surface area contributed by atoms with E-state index >= 15 is 0 Å². The van der Waals surface area contributed by atoms with Crippen molar-refractivity contribution in [2.24, 2.45) is 0 Å². The number of carbonyl (C=O) groups excluding carboxylic acids is 1. The fraction of sp³-hybridized carbons (Fsp3) is 0.611. The number of fused-ring (bicyclic) bond motifs is 1. The molecule has 0 saturated carbocycles. The highest BCUT2D eigenvalue weighted by molar-refractivity contribution is 7.18. The number of amides is 1. The summed E-state index contributed by atoms with van der Waals surface area (Å²) in [6, 6.07) is 0. The fourth-order valence-corrected chi connectivity index (χ4v) is 4.16. The van der Waals surface area contributed by atoms with Crippen LogP contribution in [-0.2, 0) is 4.74 Å². The van der Waals surface area contributed by atoms with Crippen molar-refractivity contribution in [1.29, 1.82) is 0 Å². The van der Waals surface area contributed by atoms with E-state index in [1.54, 1.807) is 16.2 Å². The molecule has 6 nitrogen and oxygen atoms in total. The van der Waals surface area contributed by atoms with Gasteiger partial charge in [-0.25, -0.2) is 9.78 Å². The molecule has 0 spiro atoms. The van der Waals surface area contributed by atoms with Crippen LogP contribution in [0.3, 0.4) is 0 Å². The Hall–Kier alpha value is -1.89. The average Bonchev–Trinajstić information content (AvgIpc) is 2.81. The van der Waals surface area contributed by atoms with Crippen molar-refractivity contribution in [3.8, 4) is 0 Å². The van der Waals surface area contributed by atoms with Gasteiger partial charge in [-0.15, -0.1) is 11.3 Å². The normalized spacial score (nSPS) is 16.4. The summed E-state index contributed by atoms with van der Waals surface area (Å²) < 4.78 is 5.43. The molecule has 0 radical (unpaired) electrons. The van der Waals surface area contributed by atoms with E-state index < -0.39 is 5.60 Å². The maximum atomic E-state index is 12.4. The van der Waals surface area contributed by atoms with Crippen molar-refractivity contribution < 1.29 is 9.53 Å². The van der Waals surface area contributed by atoms with Crippen molar-refractivity contribution in [3.63, 3.8) is 0 Å². The molecule has 1 N–H and O–H groups in total. The SMILES string of the molecule is Cc1sc2nc(C3CCN(C(=O)OC(C)(C)C)CC3)[nH]c(=O)c2c1C. The van der Waals surface area contributed by atoms with Gasteiger partial charge in [0.15, 0.2) is 0 Å². The van der Waals surface area contributed by atoms with Crippen molar-refractivity contribution in [3.05, 3.63) is 26.6 Å². The largest absolute Gasteiger partial charge is 0.444 e. The molecule has 0 aromatic carbocycles. The number of ether oxygens (including phenoxy) is 1. The lowest BCUT2D eigenvalue weighted by atomic mass is 9.96. The second-order valence-electron chi connectivity index (χ2n) is 7.66. The number of rotatable bonds is 1. The predicted molar refractivity (Wildman–Crippen MR) is 99.5 cm³/mol. The minimum Gasteiger partial charge on any atom is -0.444 e. The van der Waals surface area contributed by atoms with E-state index in [1.807, 2.05) is 34.6 Å². The summed E-state index contributed by atoms with van der Waals surface area (Å²) >= 11 is 1.57. The number of nitrogens with zero attached hydrogens (tertiary/aromatic N) is 2. The Morgan fingerprint density at radius 3 is 2.52 bits per heavy atom. The first-order valence-corrected chi connectivity index (χ1v) is 9.45. The molecule has 1 aliphatic rings. The molecule has 0 unspecified atom stereocenters. The molecule has 1 saturated heterocycles. The Bertz CT molecular complexity index is 855. The quantitative estimate of drug-likeness (QED) is 0.838. The minimum atomic E-state index is -0.485. The van der Waals surface area contributed by atoms with Gasteiger partial charge in [-0.2, -0.15) is 0 Å². The van der Waals surface area contributed by atoms with Crippen LogP contribution in [0.5, 0.6) is 0 Å². The molecule has 0 aliphatic carbocycles. The lowest BCUT2D eigenvalue weighted by Crippen LogP contribution is -2.41. The number of thiophene rings is 1. The summed E-state index contributed by atoms with van der Waals surface area (Å²) in [7, 11) is 0. The van der Waals surface area contributed by atoms with Crippen LogP contribution in [0.25, 0.3) is 10.2 Å². The van der Waals surface area contributed by atoms with Crippen LogP contribution in [-0.4, -0.2) is 39.7 Å².